The fourth-order valence-electron chi connectivity index (χ4n) is 2.07. The van der Waals surface area contributed by atoms with Gasteiger partial charge in [0.15, 0.2) is 0 Å². The van der Waals surface area contributed by atoms with E-state index in [0.717, 1.165) is 13.0 Å². The third-order valence-corrected chi connectivity index (χ3v) is 2.90. The van der Waals surface area contributed by atoms with Crippen LogP contribution in [0.4, 0.5) is 0 Å². The minimum atomic E-state index is 0.383. The molecule has 0 spiro atoms. The van der Waals surface area contributed by atoms with E-state index in [-0.39, 0.29) is 0 Å². The molecule has 0 aromatic heterocycles. The van der Waals surface area contributed by atoms with Crippen molar-refractivity contribution in [1.29, 1.82) is 0 Å². The summed E-state index contributed by atoms with van der Waals surface area (Å²) in [4.78, 5) is 0. The Kier molecular flexibility index (Phi) is 5.70. The first-order valence-corrected chi connectivity index (χ1v) is 6.74. The SMILES string of the molecule is CNCCCCc1ccc(CC(C)(C)C)cc1. The van der Waals surface area contributed by atoms with Gasteiger partial charge < -0.3 is 5.32 Å². The summed E-state index contributed by atoms with van der Waals surface area (Å²) in [5, 5.41) is 3.19. The minimum absolute atomic E-state index is 0.383. The van der Waals surface area contributed by atoms with Gasteiger partial charge in [-0.15, -0.1) is 0 Å². The number of hydrogen-bond acceptors (Lipinski definition) is 1. The van der Waals surface area contributed by atoms with Crippen LogP contribution in [0, 0.1) is 5.41 Å². The number of rotatable bonds is 6. The number of unbranched alkanes of at least 4 members (excludes halogenated alkanes) is 1. The molecule has 0 atom stereocenters. The highest BCUT2D eigenvalue weighted by atomic mass is 14.8. The molecule has 1 N–H and O–H groups in total. The molecule has 0 saturated carbocycles. The topological polar surface area (TPSA) is 12.0 Å². The summed E-state index contributed by atoms with van der Waals surface area (Å²) < 4.78 is 0. The molecule has 1 nitrogen and oxygen atoms in total. The van der Waals surface area contributed by atoms with Gasteiger partial charge >= 0.3 is 0 Å². The first-order valence-electron chi connectivity index (χ1n) is 6.74. The van der Waals surface area contributed by atoms with Gasteiger partial charge in [-0.1, -0.05) is 45.0 Å². The van der Waals surface area contributed by atoms with Crippen molar-refractivity contribution in [1.82, 2.24) is 5.32 Å². The van der Waals surface area contributed by atoms with E-state index in [2.05, 4.69) is 50.4 Å². The lowest BCUT2D eigenvalue weighted by Gasteiger charge is -2.18. The molecule has 0 heterocycles. The van der Waals surface area contributed by atoms with Crippen molar-refractivity contribution in [2.75, 3.05) is 13.6 Å². The Morgan fingerprint density at radius 2 is 1.53 bits per heavy atom. The van der Waals surface area contributed by atoms with E-state index in [1.54, 1.807) is 0 Å². The Morgan fingerprint density at radius 1 is 0.941 bits per heavy atom. The molecule has 0 radical (unpaired) electrons. The first kappa shape index (κ1) is 14.2. The Hall–Kier alpha value is -0.820. The molecular weight excluding hydrogens is 206 g/mol. The zero-order valence-corrected chi connectivity index (χ0v) is 11.8. The van der Waals surface area contributed by atoms with Crippen LogP contribution >= 0.6 is 0 Å². The number of nitrogens with one attached hydrogen (secondary N) is 1. The summed E-state index contributed by atoms with van der Waals surface area (Å²) in [5.74, 6) is 0. The maximum Gasteiger partial charge on any atom is -0.00518 e. The third kappa shape index (κ3) is 6.48. The number of hydrogen-bond donors (Lipinski definition) is 1. The van der Waals surface area contributed by atoms with Gasteiger partial charge in [-0.05, 0) is 55.8 Å². The fourth-order valence-corrected chi connectivity index (χ4v) is 2.07. The van der Waals surface area contributed by atoms with Crippen molar-refractivity contribution in [3.05, 3.63) is 35.4 Å². The molecule has 0 aliphatic rings. The summed E-state index contributed by atoms with van der Waals surface area (Å²) in [6, 6.07) is 9.16. The summed E-state index contributed by atoms with van der Waals surface area (Å²) in [7, 11) is 2.02. The van der Waals surface area contributed by atoms with Crippen molar-refractivity contribution >= 4 is 0 Å². The van der Waals surface area contributed by atoms with Gasteiger partial charge in [0.25, 0.3) is 0 Å². The Labute approximate surface area is 107 Å². The van der Waals surface area contributed by atoms with Gasteiger partial charge in [0.1, 0.15) is 0 Å². The quantitative estimate of drug-likeness (QED) is 0.737. The van der Waals surface area contributed by atoms with Crippen LogP contribution in [0.3, 0.4) is 0 Å². The highest BCUT2D eigenvalue weighted by Crippen LogP contribution is 2.20. The lowest BCUT2D eigenvalue weighted by atomic mass is 9.88. The zero-order chi connectivity index (χ0) is 12.7. The van der Waals surface area contributed by atoms with Crippen LogP contribution in [0.15, 0.2) is 24.3 Å². The average molecular weight is 233 g/mol. The molecule has 0 bridgehead atoms. The molecule has 0 saturated heterocycles. The fraction of sp³-hybridized carbons (Fsp3) is 0.625. The highest BCUT2D eigenvalue weighted by Gasteiger charge is 2.10. The van der Waals surface area contributed by atoms with Crippen LogP contribution in [0.1, 0.15) is 44.7 Å². The van der Waals surface area contributed by atoms with Gasteiger partial charge in [0.2, 0.25) is 0 Å². The lowest BCUT2D eigenvalue weighted by Crippen LogP contribution is -2.09. The Morgan fingerprint density at radius 3 is 2.06 bits per heavy atom. The van der Waals surface area contributed by atoms with Crippen molar-refractivity contribution in [3.8, 4) is 0 Å². The van der Waals surface area contributed by atoms with Crippen molar-refractivity contribution in [2.24, 2.45) is 5.41 Å². The molecule has 0 fully saturated rings. The van der Waals surface area contributed by atoms with E-state index in [1.165, 1.54) is 30.4 Å². The number of aryl methyl sites for hydroxylation is 1. The van der Waals surface area contributed by atoms with E-state index < -0.39 is 0 Å². The van der Waals surface area contributed by atoms with Crippen LogP contribution in [-0.4, -0.2) is 13.6 Å². The van der Waals surface area contributed by atoms with Crippen LogP contribution in [0.2, 0.25) is 0 Å². The van der Waals surface area contributed by atoms with Crippen molar-refractivity contribution in [2.45, 2.75) is 46.5 Å². The maximum absolute atomic E-state index is 3.19. The van der Waals surface area contributed by atoms with E-state index in [9.17, 15) is 0 Å². The molecular formula is C16H27N. The largest absolute Gasteiger partial charge is 0.320 e. The van der Waals surface area contributed by atoms with Gasteiger partial charge in [-0.2, -0.15) is 0 Å². The zero-order valence-electron chi connectivity index (χ0n) is 11.8. The standard InChI is InChI=1S/C16H27N/c1-16(2,3)13-15-10-8-14(9-11-15)7-5-6-12-17-4/h8-11,17H,5-7,12-13H2,1-4H3. The lowest BCUT2D eigenvalue weighted by molar-refractivity contribution is 0.411. The van der Waals surface area contributed by atoms with Crippen LogP contribution in [0.5, 0.6) is 0 Å². The van der Waals surface area contributed by atoms with Gasteiger partial charge in [0, 0.05) is 0 Å². The summed E-state index contributed by atoms with van der Waals surface area (Å²) >= 11 is 0. The van der Waals surface area contributed by atoms with E-state index >= 15 is 0 Å². The van der Waals surface area contributed by atoms with Crippen LogP contribution < -0.4 is 5.32 Å². The second kappa shape index (κ2) is 6.80. The molecule has 0 unspecified atom stereocenters. The molecule has 1 rings (SSSR count). The summed E-state index contributed by atoms with van der Waals surface area (Å²) in [6.07, 6.45) is 4.91. The molecule has 0 aliphatic carbocycles. The Balaban J connectivity index is 2.39. The molecule has 1 heteroatoms. The minimum Gasteiger partial charge on any atom is -0.320 e. The smallest absolute Gasteiger partial charge is 0.00518 e. The molecule has 17 heavy (non-hydrogen) atoms. The average Bonchev–Trinajstić information content (AvgIpc) is 2.25. The first-order chi connectivity index (χ1) is 8.01. The third-order valence-electron chi connectivity index (χ3n) is 2.90. The van der Waals surface area contributed by atoms with E-state index in [4.69, 9.17) is 0 Å². The normalized spacial score (nSPS) is 11.8. The predicted molar refractivity (Wildman–Crippen MR) is 76.5 cm³/mol. The molecule has 96 valence electrons. The summed E-state index contributed by atoms with van der Waals surface area (Å²) in [6.45, 7) is 8.00. The second-order valence-corrected chi connectivity index (χ2v) is 6.11. The van der Waals surface area contributed by atoms with Crippen molar-refractivity contribution < 1.29 is 0 Å². The van der Waals surface area contributed by atoms with Gasteiger partial charge in [-0.25, -0.2) is 0 Å². The van der Waals surface area contributed by atoms with Gasteiger partial charge in [0.05, 0.1) is 0 Å². The van der Waals surface area contributed by atoms with Crippen LogP contribution in [0.25, 0.3) is 0 Å². The highest BCUT2D eigenvalue weighted by molar-refractivity contribution is 5.23. The monoisotopic (exact) mass is 233 g/mol. The second-order valence-electron chi connectivity index (χ2n) is 6.11. The van der Waals surface area contributed by atoms with E-state index in [1.807, 2.05) is 7.05 Å². The van der Waals surface area contributed by atoms with Crippen LogP contribution in [-0.2, 0) is 12.8 Å². The molecule has 1 aromatic rings. The molecule has 1 aromatic carbocycles. The van der Waals surface area contributed by atoms with Crippen molar-refractivity contribution in [3.63, 3.8) is 0 Å². The molecule has 0 aliphatic heterocycles. The Bertz CT molecular complexity index is 305. The summed E-state index contributed by atoms with van der Waals surface area (Å²) in [5.41, 5.74) is 3.31. The van der Waals surface area contributed by atoms with Gasteiger partial charge in [-0.3, -0.25) is 0 Å². The predicted octanol–water partition coefficient (Wildman–Crippen LogP) is 3.82. The van der Waals surface area contributed by atoms with E-state index in [0.29, 0.717) is 5.41 Å². The maximum atomic E-state index is 3.19. The molecule has 0 amide bonds. The number of benzene rings is 1.